The van der Waals surface area contributed by atoms with E-state index in [4.69, 9.17) is 16.7 Å². The topological polar surface area (TPSA) is 52.6 Å². The molecule has 2 N–H and O–H groups in total. The monoisotopic (exact) mass is 318 g/mol. The van der Waals surface area contributed by atoms with E-state index in [-0.39, 0.29) is 12.5 Å². The molecule has 0 radical (unpaired) electrons. The van der Waals surface area contributed by atoms with Crippen molar-refractivity contribution in [1.29, 1.82) is 0 Å². The molecule has 0 unspecified atom stereocenters. The van der Waals surface area contributed by atoms with Crippen LogP contribution in [0.25, 0.3) is 0 Å². The quantitative estimate of drug-likeness (QED) is 0.889. The molecule has 2 rings (SSSR count). The predicted molar refractivity (Wildman–Crippen MR) is 90.0 cm³/mol. The van der Waals surface area contributed by atoms with Gasteiger partial charge in [-0.25, -0.2) is 0 Å². The molecule has 0 aliphatic carbocycles. The summed E-state index contributed by atoms with van der Waals surface area (Å²) in [4.78, 5) is 13.4. The van der Waals surface area contributed by atoms with Gasteiger partial charge in [0.05, 0.1) is 10.6 Å². The number of halogens is 1. The molecule has 0 saturated heterocycles. The number of aliphatic hydroxyl groups excluding tert-OH is 1. The van der Waals surface area contributed by atoms with Gasteiger partial charge in [-0.1, -0.05) is 23.7 Å². The first-order valence-corrected chi connectivity index (χ1v) is 7.37. The smallest absolute Gasteiger partial charge is 0.254 e. The van der Waals surface area contributed by atoms with Crippen LogP contribution in [0.15, 0.2) is 42.5 Å². The van der Waals surface area contributed by atoms with Crippen LogP contribution in [0.1, 0.15) is 15.9 Å². The van der Waals surface area contributed by atoms with Crippen LogP contribution in [-0.4, -0.2) is 36.6 Å². The minimum atomic E-state index is -0.120. The maximum Gasteiger partial charge on any atom is 0.254 e. The Labute approximate surface area is 135 Å². The number of rotatable bonds is 5. The summed E-state index contributed by atoms with van der Waals surface area (Å²) in [5.74, 6) is -0.120. The average molecular weight is 319 g/mol. The van der Waals surface area contributed by atoms with E-state index in [1.54, 1.807) is 26.2 Å². The summed E-state index contributed by atoms with van der Waals surface area (Å²) < 4.78 is 0. The highest BCUT2D eigenvalue weighted by molar-refractivity contribution is 6.34. The lowest BCUT2D eigenvalue weighted by Gasteiger charge is -2.13. The zero-order valence-electron chi connectivity index (χ0n) is 12.6. The molecule has 0 spiro atoms. The molecule has 22 heavy (non-hydrogen) atoms. The largest absolute Gasteiger partial charge is 0.396 e. The Morgan fingerprint density at radius 3 is 2.32 bits per heavy atom. The summed E-state index contributed by atoms with van der Waals surface area (Å²) in [6.07, 6.45) is 0.646. The van der Waals surface area contributed by atoms with Crippen molar-refractivity contribution in [3.05, 3.63) is 58.6 Å². The van der Waals surface area contributed by atoms with E-state index in [2.05, 4.69) is 5.32 Å². The van der Waals surface area contributed by atoms with Crippen molar-refractivity contribution in [3.8, 4) is 0 Å². The molecular weight excluding hydrogens is 300 g/mol. The van der Waals surface area contributed by atoms with Crippen LogP contribution in [0, 0.1) is 0 Å². The number of nitrogens with one attached hydrogen (secondary N) is 1. The van der Waals surface area contributed by atoms with Gasteiger partial charge >= 0.3 is 0 Å². The van der Waals surface area contributed by atoms with Gasteiger partial charge in [0.1, 0.15) is 0 Å². The number of anilines is 2. The zero-order valence-corrected chi connectivity index (χ0v) is 13.4. The zero-order chi connectivity index (χ0) is 16.1. The van der Waals surface area contributed by atoms with Crippen molar-refractivity contribution in [1.82, 2.24) is 4.90 Å². The molecule has 0 saturated carbocycles. The summed E-state index contributed by atoms with van der Waals surface area (Å²) in [5.41, 5.74) is 3.30. The third-order valence-corrected chi connectivity index (χ3v) is 3.56. The van der Waals surface area contributed by atoms with Crippen LogP contribution < -0.4 is 5.32 Å². The van der Waals surface area contributed by atoms with E-state index in [0.29, 0.717) is 17.0 Å². The first kappa shape index (κ1) is 16.3. The highest BCUT2D eigenvalue weighted by atomic mass is 35.5. The highest BCUT2D eigenvalue weighted by Gasteiger charge is 2.12. The highest BCUT2D eigenvalue weighted by Crippen LogP contribution is 2.24. The average Bonchev–Trinajstić information content (AvgIpc) is 2.49. The number of carbonyl (C=O) groups is 1. The van der Waals surface area contributed by atoms with Crippen LogP contribution in [0.4, 0.5) is 11.4 Å². The van der Waals surface area contributed by atoms with Gasteiger partial charge in [0.25, 0.3) is 5.91 Å². The van der Waals surface area contributed by atoms with Crippen molar-refractivity contribution in [2.24, 2.45) is 0 Å². The second kappa shape index (κ2) is 7.29. The maximum absolute atomic E-state index is 11.9. The fourth-order valence-electron chi connectivity index (χ4n) is 2.06. The molecule has 0 fully saturated rings. The summed E-state index contributed by atoms with van der Waals surface area (Å²) in [7, 11) is 3.39. The summed E-state index contributed by atoms with van der Waals surface area (Å²) in [5, 5.41) is 12.6. The standard InChI is InChI=1S/C17H19ClN2O2/c1-20(2)17(22)15-8-7-14(11-16(15)18)19-13-5-3-12(4-6-13)9-10-21/h3-8,11,19,21H,9-10H2,1-2H3. The Kier molecular flexibility index (Phi) is 5.41. The number of benzene rings is 2. The van der Waals surface area contributed by atoms with Crippen molar-refractivity contribution in [2.45, 2.75) is 6.42 Å². The first-order valence-electron chi connectivity index (χ1n) is 6.99. The number of hydrogen-bond acceptors (Lipinski definition) is 3. The molecule has 2 aromatic rings. The lowest BCUT2D eigenvalue weighted by atomic mass is 10.1. The molecule has 0 aromatic heterocycles. The minimum Gasteiger partial charge on any atom is -0.396 e. The van der Waals surface area contributed by atoms with Gasteiger partial charge in [0.15, 0.2) is 0 Å². The molecule has 0 aliphatic rings. The first-order chi connectivity index (χ1) is 10.5. The van der Waals surface area contributed by atoms with Gasteiger partial charge in [-0.05, 0) is 42.3 Å². The Balaban J connectivity index is 2.13. The Morgan fingerprint density at radius 2 is 1.77 bits per heavy atom. The normalized spacial score (nSPS) is 10.4. The third kappa shape index (κ3) is 4.00. The molecule has 0 atom stereocenters. The Bertz CT molecular complexity index is 654. The third-order valence-electron chi connectivity index (χ3n) is 3.25. The molecule has 2 aromatic carbocycles. The van der Waals surface area contributed by atoms with Crippen LogP contribution in [0.3, 0.4) is 0 Å². The molecule has 1 amide bonds. The summed E-state index contributed by atoms with van der Waals surface area (Å²) in [6.45, 7) is 0.143. The molecule has 0 heterocycles. The van der Waals surface area contributed by atoms with Crippen molar-refractivity contribution < 1.29 is 9.90 Å². The van der Waals surface area contributed by atoms with Gasteiger partial charge in [-0.15, -0.1) is 0 Å². The lowest BCUT2D eigenvalue weighted by molar-refractivity contribution is 0.0828. The summed E-state index contributed by atoms with van der Waals surface area (Å²) in [6, 6.07) is 13.1. The molecule has 0 aliphatic heterocycles. The molecule has 116 valence electrons. The van der Waals surface area contributed by atoms with Crippen molar-refractivity contribution >= 4 is 28.9 Å². The number of hydrogen-bond donors (Lipinski definition) is 2. The second-order valence-corrected chi connectivity index (χ2v) is 5.60. The van der Waals surface area contributed by atoms with Gasteiger partial charge < -0.3 is 15.3 Å². The van der Waals surface area contributed by atoms with E-state index in [0.717, 1.165) is 16.9 Å². The maximum atomic E-state index is 11.9. The number of carbonyl (C=O) groups excluding carboxylic acids is 1. The Hall–Kier alpha value is -2.04. The molecule has 0 bridgehead atoms. The van der Waals surface area contributed by atoms with Crippen LogP contribution in [-0.2, 0) is 6.42 Å². The van der Waals surface area contributed by atoms with Crippen LogP contribution in [0.5, 0.6) is 0 Å². The van der Waals surface area contributed by atoms with Gasteiger partial charge in [-0.3, -0.25) is 4.79 Å². The SMILES string of the molecule is CN(C)C(=O)c1ccc(Nc2ccc(CCO)cc2)cc1Cl. The minimum absolute atomic E-state index is 0.120. The van der Waals surface area contributed by atoms with Crippen molar-refractivity contribution in [2.75, 3.05) is 26.0 Å². The fraction of sp³-hybridized carbons (Fsp3) is 0.235. The second-order valence-electron chi connectivity index (χ2n) is 5.19. The van der Waals surface area contributed by atoms with E-state index < -0.39 is 0 Å². The van der Waals surface area contributed by atoms with E-state index in [9.17, 15) is 4.79 Å². The number of nitrogens with zero attached hydrogens (tertiary/aromatic N) is 1. The fourth-order valence-corrected chi connectivity index (χ4v) is 2.32. The van der Waals surface area contributed by atoms with Crippen LogP contribution in [0.2, 0.25) is 5.02 Å². The summed E-state index contributed by atoms with van der Waals surface area (Å²) >= 11 is 6.19. The van der Waals surface area contributed by atoms with Gasteiger partial charge in [0, 0.05) is 32.1 Å². The number of aliphatic hydroxyl groups is 1. The van der Waals surface area contributed by atoms with E-state index in [1.807, 2.05) is 30.3 Å². The van der Waals surface area contributed by atoms with Crippen molar-refractivity contribution in [3.63, 3.8) is 0 Å². The molecular formula is C17H19ClN2O2. The molecule has 4 nitrogen and oxygen atoms in total. The van der Waals surface area contributed by atoms with E-state index in [1.165, 1.54) is 4.90 Å². The van der Waals surface area contributed by atoms with Gasteiger partial charge in [-0.2, -0.15) is 0 Å². The van der Waals surface area contributed by atoms with E-state index >= 15 is 0 Å². The predicted octanol–water partition coefficient (Wildman–Crippen LogP) is 3.32. The Morgan fingerprint density at radius 1 is 1.14 bits per heavy atom. The molecule has 5 heteroatoms. The lowest BCUT2D eigenvalue weighted by Crippen LogP contribution is -2.21. The van der Waals surface area contributed by atoms with Crippen LogP contribution >= 0.6 is 11.6 Å². The number of amides is 1. The van der Waals surface area contributed by atoms with Gasteiger partial charge in [0.2, 0.25) is 0 Å².